The minimum atomic E-state index is -0.533. The maximum atomic E-state index is 10.4. The summed E-state index contributed by atoms with van der Waals surface area (Å²) in [6, 6.07) is 4.66. The second-order valence-electron chi connectivity index (χ2n) is 3.47. The molecule has 0 heterocycles. The highest BCUT2D eigenvalue weighted by Crippen LogP contribution is 2.25. The smallest absolute Gasteiger partial charge is 0.312 e. The summed E-state index contributed by atoms with van der Waals surface area (Å²) in [7, 11) is 1.50. The van der Waals surface area contributed by atoms with E-state index in [1.54, 1.807) is 12.1 Å². The standard InChI is InChI=1S/C11H17N3O3/c1-17-10-3-2-8(6-9(10)15)7-13-4-5-14-11(12)16/h2-3,6,13,15H,4-5,7H2,1H3,(H3,12,14,16). The number of nitrogens with one attached hydrogen (secondary N) is 2. The van der Waals surface area contributed by atoms with Crippen LogP contribution in [0.2, 0.25) is 0 Å². The quantitative estimate of drug-likeness (QED) is 0.532. The van der Waals surface area contributed by atoms with E-state index in [-0.39, 0.29) is 5.75 Å². The van der Waals surface area contributed by atoms with Crippen molar-refractivity contribution >= 4 is 6.03 Å². The lowest BCUT2D eigenvalue weighted by Gasteiger charge is -2.07. The molecule has 1 aromatic rings. The predicted molar refractivity (Wildman–Crippen MR) is 64.0 cm³/mol. The van der Waals surface area contributed by atoms with Crippen LogP contribution in [0.4, 0.5) is 4.79 Å². The number of phenolic OH excluding ortho intramolecular Hbond substituents is 1. The van der Waals surface area contributed by atoms with Gasteiger partial charge in [-0.1, -0.05) is 6.07 Å². The number of urea groups is 1. The number of benzene rings is 1. The van der Waals surface area contributed by atoms with Crippen molar-refractivity contribution in [3.63, 3.8) is 0 Å². The normalized spacial score (nSPS) is 9.94. The molecule has 6 heteroatoms. The topological polar surface area (TPSA) is 96.6 Å². The minimum Gasteiger partial charge on any atom is -0.504 e. The lowest BCUT2D eigenvalue weighted by atomic mass is 10.2. The molecular weight excluding hydrogens is 222 g/mol. The molecule has 94 valence electrons. The molecule has 0 radical (unpaired) electrons. The summed E-state index contributed by atoms with van der Waals surface area (Å²) in [5, 5.41) is 15.1. The van der Waals surface area contributed by atoms with Crippen molar-refractivity contribution in [3.8, 4) is 11.5 Å². The first-order valence-corrected chi connectivity index (χ1v) is 5.23. The number of hydrogen-bond donors (Lipinski definition) is 4. The highest BCUT2D eigenvalue weighted by atomic mass is 16.5. The third-order valence-corrected chi connectivity index (χ3v) is 2.17. The number of rotatable bonds is 6. The van der Waals surface area contributed by atoms with Gasteiger partial charge in [0.25, 0.3) is 0 Å². The second-order valence-corrected chi connectivity index (χ2v) is 3.47. The Morgan fingerprint density at radius 1 is 1.47 bits per heavy atom. The first kappa shape index (κ1) is 13.1. The Morgan fingerprint density at radius 2 is 2.24 bits per heavy atom. The van der Waals surface area contributed by atoms with Gasteiger partial charge in [-0.3, -0.25) is 0 Å². The van der Waals surface area contributed by atoms with Crippen LogP contribution in [-0.4, -0.2) is 31.3 Å². The number of phenols is 1. The van der Waals surface area contributed by atoms with Crippen LogP contribution in [0.1, 0.15) is 5.56 Å². The molecule has 0 aliphatic carbocycles. The zero-order valence-electron chi connectivity index (χ0n) is 9.69. The van der Waals surface area contributed by atoms with Crippen LogP contribution >= 0.6 is 0 Å². The van der Waals surface area contributed by atoms with Crippen LogP contribution in [0.15, 0.2) is 18.2 Å². The number of carbonyl (C=O) groups is 1. The van der Waals surface area contributed by atoms with Crippen LogP contribution in [0.25, 0.3) is 0 Å². The van der Waals surface area contributed by atoms with Crippen molar-refractivity contribution in [2.75, 3.05) is 20.2 Å². The van der Waals surface area contributed by atoms with Crippen molar-refractivity contribution in [2.24, 2.45) is 5.73 Å². The highest BCUT2D eigenvalue weighted by Gasteiger charge is 2.01. The molecule has 0 bridgehead atoms. The zero-order valence-corrected chi connectivity index (χ0v) is 9.69. The van der Waals surface area contributed by atoms with E-state index in [1.165, 1.54) is 7.11 Å². The van der Waals surface area contributed by atoms with Crippen LogP contribution in [0.3, 0.4) is 0 Å². The molecule has 0 fully saturated rings. The second kappa shape index (κ2) is 6.59. The molecular formula is C11H17N3O3. The number of ether oxygens (including phenoxy) is 1. The number of primary amides is 1. The molecule has 2 amide bonds. The summed E-state index contributed by atoms with van der Waals surface area (Å²) in [6.07, 6.45) is 0. The number of methoxy groups -OCH3 is 1. The van der Waals surface area contributed by atoms with Crippen LogP contribution < -0.4 is 21.1 Å². The summed E-state index contributed by atoms with van der Waals surface area (Å²) < 4.78 is 4.94. The van der Waals surface area contributed by atoms with E-state index in [0.29, 0.717) is 25.4 Å². The summed E-state index contributed by atoms with van der Waals surface area (Å²) in [5.74, 6) is 0.561. The van der Waals surface area contributed by atoms with Crippen LogP contribution in [-0.2, 0) is 6.54 Å². The number of aromatic hydroxyl groups is 1. The Hall–Kier alpha value is -1.95. The Bertz CT molecular complexity index is 382. The number of amides is 2. The largest absolute Gasteiger partial charge is 0.504 e. The van der Waals surface area contributed by atoms with Crippen molar-refractivity contribution in [1.29, 1.82) is 0 Å². The predicted octanol–water partition coefficient (Wildman–Crippen LogP) is 0.159. The van der Waals surface area contributed by atoms with Gasteiger partial charge in [-0.2, -0.15) is 0 Å². The summed E-state index contributed by atoms with van der Waals surface area (Å²) in [5.41, 5.74) is 5.85. The van der Waals surface area contributed by atoms with Crippen molar-refractivity contribution in [3.05, 3.63) is 23.8 Å². The number of hydrogen-bond acceptors (Lipinski definition) is 4. The molecule has 0 saturated carbocycles. The first-order valence-electron chi connectivity index (χ1n) is 5.23. The minimum absolute atomic E-state index is 0.113. The molecule has 5 N–H and O–H groups in total. The van der Waals surface area contributed by atoms with E-state index in [1.807, 2.05) is 6.07 Å². The van der Waals surface area contributed by atoms with E-state index in [2.05, 4.69) is 10.6 Å². The van der Waals surface area contributed by atoms with E-state index in [4.69, 9.17) is 10.5 Å². The molecule has 0 aliphatic heterocycles. The van der Waals surface area contributed by atoms with Gasteiger partial charge in [0.05, 0.1) is 7.11 Å². The maximum absolute atomic E-state index is 10.4. The molecule has 6 nitrogen and oxygen atoms in total. The molecule has 0 aliphatic rings. The average Bonchev–Trinajstić information content (AvgIpc) is 2.28. The fraction of sp³-hybridized carbons (Fsp3) is 0.364. The molecule has 0 spiro atoms. The fourth-order valence-corrected chi connectivity index (χ4v) is 1.35. The van der Waals surface area contributed by atoms with Gasteiger partial charge in [-0.15, -0.1) is 0 Å². The van der Waals surface area contributed by atoms with E-state index in [0.717, 1.165) is 5.56 Å². The van der Waals surface area contributed by atoms with Gasteiger partial charge in [0.15, 0.2) is 11.5 Å². The van der Waals surface area contributed by atoms with Gasteiger partial charge < -0.3 is 26.2 Å². The molecule has 0 aromatic heterocycles. The first-order chi connectivity index (χ1) is 8.13. The monoisotopic (exact) mass is 239 g/mol. The van der Waals surface area contributed by atoms with Gasteiger partial charge >= 0.3 is 6.03 Å². The van der Waals surface area contributed by atoms with Crippen molar-refractivity contribution < 1.29 is 14.6 Å². The lowest BCUT2D eigenvalue weighted by Crippen LogP contribution is -2.35. The SMILES string of the molecule is COc1ccc(CNCCNC(N)=O)cc1O. The Labute approximate surface area is 99.8 Å². The molecule has 1 rings (SSSR count). The molecule has 1 aromatic carbocycles. The summed E-state index contributed by atoms with van der Waals surface area (Å²) in [4.78, 5) is 10.4. The lowest BCUT2D eigenvalue weighted by molar-refractivity contribution is 0.249. The average molecular weight is 239 g/mol. The number of carbonyl (C=O) groups excluding carboxylic acids is 1. The molecule has 0 saturated heterocycles. The van der Waals surface area contributed by atoms with Crippen LogP contribution in [0, 0.1) is 0 Å². The maximum Gasteiger partial charge on any atom is 0.312 e. The fourth-order valence-electron chi connectivity index (χ4n) is 1.35. The van der Waals surface area contributed by atoms with Gasteiger partial charge in [-0.25, -0.2) is 4.79 Å². The van der Waals surface area contributed by atoms with E-state index in [9.17, 15) is 9.90 Å². The third-order valence-electron chi connectivity index (χ3n) is 2.17. The highest BCUT2D eigenvalue weighted by molar-refractivity contribution is 5.71. The molecule has 0 unspecified atom stereocenters. The Balaban J connectivity index is 2.32. The zero-order chi connectivity index (χ0) is 12.7. The van der Waals surface area contributed by atoms with E-state index < -0.39 is 6.03 Å². The number of nitrogens with two attached hydrogens (primary N) is 1. The van der Waals surface area contributed by atoms with Crippen molar-refractivity contribution in [2.45, 2.75) is 6.54 Å². The van der Waals surface area contributed by atoms with E-state index >= 15 is 0 Å². The Morgan fingerprint density at radius 3 is 2.82 bits per heavy atom. The van der Waals surface area contributed by atoms with Crippen LogP contribution in [0.5, 0.6) is 11.5 Å². The van der Waals surface area contributed by atoms with Gasteiger partial charge in [-0.05, 0) is 17.7 Å². The third kappa shape index (κ3) is 4.60. The van der Waals surface area contributed by atoms with Crippen molar-refractivity contribution in [1.82, 2.24) is 10.6 Å². The summed E-state index contributed by atoms with van der Waals surface area (Å²) in [6.45, 7) is 1.67. The molecule has 0 atom stereocenters. The van der Waals surface area contributed by atoms with Gasteiger partial charge in [0.1, 0.15) is 0 Å². The molecule has 17 heavy (non-hydrogen) atoms. The summed E-state index contributed by atoms with van der Waals surface area (Å²) >= 11 is 0. The van der Waals surface area contributed by atoms with Gasteiger partial charge in [0, 0.05) is 19.6 Å². The Kier molecular flexibility index (Phi) is 5.09. The van der Waals surface area contributed by atoms with Gasteiger partial charge in [0.2, 0.25) is 0 Å².